The summed E-state index contributed by atoms with van der Waals surface area (Å²) < 4.78 is 5.06. The van der Waals surface area contributed by atoms with E-state index < -0.39 is 5.91 Å². The molecule has 4 N–H and O–H groups in total. The fourth-order valence-corrected chi connectivity index (χ4v) is 2.21. The molecule has 0 spiro atoms. The molecule has 0 fully saturated rings. The number of anilines is 1. The summed E-state index contributed by atoms with van der Waals surface area (Å²) in [7, 11) is 1.60. The fourth-order valence-electron chi connectivity index (χ4n) is 1.37. The average molecular weight is 249 g/mol. The number of hydrogen-bond donors (Lipinski definition) is 2. The van der Waals surface area contributed by atoms with Crippen molar-refractivity contribution in [3.05, 3.63) is 29.1 Å². The number of rotatable bonds is 3. The lowest BCUT2D eigenvalue weighted by molar-refractivity contribution is 0.100. The standard InChI is InChI=1S/C11H11N3O2S/c1-16-7-4-2-6(3-5-7)11-14-9(12)8(17-11)10(13)15/h2-5H,12H2,1H3,(H2,13,15). The highest BCUT2D eigenvalue weighted by Gasteiger charge is 2.14. The van der Waals surface area contributed by atoms with Gasteiger partial charge in [-0.05, 0) is 24.3 Å². The van der Waals surface area contributed by atoms with Gasteiger partial charge in [-0.25, -0.2) is 4.98 Å². The Labute approximate surface area is 102 Å². The van der Waals surface area contributed by atoms with E-state index in [-0.39, 0.29) is 10.7 Å². The molecule has 5 nitrogen and oxygen atoms in total. The second-order valence-electron chi connectivity index (χ2n) is 3.33. The Bertz CT molecular complexity index is 548. The Morgan fingerprint density at radius 1 is 1.35 bits per heavy atom. The number of thiazole rings is 1. The van der Waals surface area contributed by atoms with E-state index in [0.29, 0.717) is 5.01 Å². The van der Waals surface area contributed by atoms with E-state index in [4.69, 9.17) is 16.2 Å². The Kier molecular flexibility index (Phi) is 2.97. The van der Waals surface area contributed by atoms with E-state index in [1.807, 2.05) is 24.3 Å². The summed E-state index contributed by atoms with van der Waals surface area (Å²) in [5.41, 5.74) is 11.7. The summed E-state index contributed by atoms with van der Waals surface area (Å²) in [5, 5.41) is 0.666. The van der Waals surface area contributed by atoms with E-state index in [1.54, 1.807) is 7.11 Å². The van der Waals surface area contributed by atoms with Crippen LogP contribution in [-0.4, -0.2) is 18.0 Å². The highest BCUT2D eigenvalue weighted by atomic mass is 32.1. The normalized spacial score (nSPS) is 10.2. The Morgan fingerprint density at radius 2 is 2.00 bits per heavy atom. The molecule has 0 atom stereocenters. The van der Waals surface area contributed by atoms with Crippen LogP contribution in [0.3, 0.4) is 0 Å². The van der Waals surface area contributed by atoms with Gasteiger partial charge in [-0.15, -0.1) is 11.3 Å². The third kappa shape index (κ3) is 2.21. The number of ether oxygens (including phenoxy) is 1. The topological polar surface area (TPSA) is 91.2 Å². The summed E-state index contributed by atoms with van der Waals surface area (Å²) in [4.78, 5) is 15.5. The van der Waals surface area contributed by atoms with Crippen LogP contribution in [-0.2, 0) is 0 Å². The van der Waals surface area contributed by atoms with E-state index in [2.05, 4.69) is 4.98 Å². The number of carbonyl (C=O) groups is 1. The highest BCUT2D eigenvalue weighted by Crippen LogP contribution is 2.30. The van der Waals surface area contributed by atoms with Gasteiger partial charge in [-0.2, -0.15) is 0 Å². The van der Waals surface area contributed by atoms with Gasteiger partial charge < -0.3 is 16.2 Å². The van der Waals surface area contributed by atoms with Crippen molar-refractivity contribution in [1.29, 1.82) is 0 Å². The predicted octanol–water partition coefficient (Wildman–Crippen LogP) is 1.50. The average Bonchev–Trinajstić information content (AvgIpc) is 2.71. The third-order valence-electron chi connectivity index (χ3n) is 2.21. The molecule has 0 radical (unpaired) electrons. The van der Waals surface area contributed by atoms with Crippen LogP contribution in [0.4, 0.5) is 5.82 Å². The SMILES string of the molecule is COc1ccc(-c2nc(N)c(C(N)=O)s2)cc1. The van der Waals surface area contributed by atoms with Gasteiger partial charge >= 0.3 is 0 Å². The van der Waals surface area contributed by atoms with Crippen LogP contribution in [0.1, 0.15) is 9.67 Å². The van der Waals surface area contributed by atoms with Gasteiger partial charge in [0.25, 0.3) is 5.91 Å². The summed E-state index contributed by atoms with van der Waals surface area (Å²) in [6, 6.07) is 7.33. The lowest BCUT2D eigenvalue weighted by Gasteiger charge is -1.99. The molecule has 0 saturated heterocycles. The van der Waals surface area contributed by atoms with Gasteiger partial charge in [0.15, 0.2) is 0 Å². The number of nitrogen functional groups attached to an aromatic ring is 1. The minimum absolute atomic E-state index is 0.174. The number of hydrogen-bond acceptors (Lipinski definition) is 5. The smallest absolute Gasteiger partial charge is 0.262 e. The number of amides is 1. The van der Waals surface area contributed by atoms with Gasteiger partial charge in [0.1, 0.15) is 21.5 Å². The van der Waals surface area contributed by atoms with Crippen molar-refractivity contribution in [2.45, 2.75) is 0 Å². The van der Waals surface area contributed by atoms with Crippen LogP contribution < -0.4 is 16.2 Å². The third-order valence-corrected chi connectivity index (χ3v) is 3.35. The number of nitrogens with two attached hydrogens (primary N) is 2. The molecule has 0 aliphatic carbocycles. The predicted molar refractivity (Wildman–Crippen MR) is 67.0 cm³/mol. The molecule has 1 heterocycles. The zero-order valence-electron chi connectivity index (χ0n) is 9.14. The summed E-state index contributed by atoms with van der Waals surface area (Å²) in [6.45, 7) is 0. The maximum Gasteiger partial charge on any atom is 0.262 e. The highest BCUT2D eigenvalue weighted by molar-refractivity contribution is 7.17. The molecule has 0 aliphatic heterocycles. The maximum atomic E-state index is 11.1. The maximum absolute atomic E-state index is 11.1. The van der Waals surface area contributed by atoms with Crippen LogP contribution in [0.15, 0.2) is 24.3 Å². The van der Waals surface area contributed by atoms with E-state index in [9.17, 15) is 4.79 Å². The van der Waals surface area contributed by atoms with Crippen LogP contribution >= 0.6 is 11.3 Å². The van der Waals surface area contributed by atoms with Crippen LogP contribution in [0.25, 0.3) is 10.6 Å². The number of nitrogens with zero attached hydrogens (tertiary/aromatic N) is 1. The van der Waals surface area contributed by atoms with Crippen molar-refractivity contribution < 1.29 is 9.53 Å². The summed E-state index contributed by atoms with van der Waals surface area (Å²) >= 11 is 1.18. The number of benzene rings is 1. The summed E-state index contributed by atoms with van der Waals surface area (Å²) in [5.74, 6) is 0.376. The van der Waals surface area contributed by atoms with Gasteiger partial charge in [-0.1, -0.05) is 0 Å². The van der Waals surface area contributed by atoms with E-state index in [1.165, 1.54) is 11.3 Å². The minimum atomic E-state index is -0.556. The number of primary amides is 1. The first-order chi connectivity index (χ1) is 8.11. The van der Waals surface area contributed by atoms with E-state index in [0.717, 1.165) is 11.3 Å². The van der Waals surface area contributed by atoms with Crippen LogP contribution in [0.5, 0.6) is 5.75 Å². The molecular weight excluding hydrogens is 238 g/mol. The molecule has 0 aliphatic rings. The lowest BCUT2D eigenvalue weighted by atomic mass is 10.2. The Hall–Kier alpha value is -2.08. The number of methoxy groups -OCH3 is 1. The molecule has 0 bridgehead atoms. The zero-order valence-corrected chi connectivity index (χ0v) is 9.95. The van der Waals surface area contributed by atoms with Crippen molar-refractivity contribution in [1.82, 2.24) is 4.98 Å². The van der Waals surface area contributed by atoms with Gasteiger partial charge in [0.05, 0.1) is 7.11 Å². The number of carbonyl (C=O) groups excluding carboxylic acids is 1. The van der Waals surface area contributed by atoms with Gasteiger partial charge in [0, 0.05) is 5.56 Å². The van der Waals surface area contributed by atoms with Crippen molar-refractivity contribution in [2.75, 3.05) is 12.8 Å². The van der Waals surface area contributed by atoms with Crippen molar-refractivity contribution in [3.8, 4) is 16.3 Å². The first-order valence-corrected chi connectivity index (χ1v) is 5.64. The molecule has 1 aromatic carbocycles. The molecule has 1 aromatic heterocycles. The quantitative estimate of drug-likeness (QED) is 0.862. The van der Waals surface area contributed by atoms with E-state index >= 15 is 0 Å². The van der Waals surface area contributed by atoms with Crippen molar-refractivity contribution in [2.24, 2.45) is 5.73 Å². The minimum Gasteiger partial charge on any atom is -0.497 e. The van der Waals surface area contributed by atoms with Gasteiger partial charge in [0.2, 0.25) is 0 Å². The molecule has 1 amide bonds. The van der Waals surface area contributed by atoms with Crippen LogP contribution in [0, 0.1) is 0 Å². The Morgan fingerprint density at radius 3 is 2.47 bits per heavy atom. The molecule has 17 heavy (non-hydrogen) atoms. The molecule has 0 saturated carbocycles. The second-order valence-corrected chi connectivity index (χ2v) is 4.33. The first kappa shape index (κ1) is 11.4. The fraction of sp³-hybridized carbons (Fsp3) is 0.0909. The first-order valence-electron chi connectivity index (χ1n) is 4.82. The molecule has 2 rings (SSSR count). The lowest BCUT2D eigenvalue weighted by Crippen LogP contribution is -2.10. The second kappa shape index (κ2) is 4.42. The van der Waals surface area contributed by atoms with Crippen LogP contribution in [0.2, 0.25) is 0 Å². The molecule has 2 aromatic rings. The molecule has 88 valence electrons. The monoisotopic (exact) mass is 249 g/mol. The Balaban J connectivity index is 2.39. The molecule has 0 unspecified atom stereocenters. The number of aromatic nitrogens is 1. The largest absolute Gasteiger partial charge is 0.497 e. The van der Waals surface area contributed by atoms with Crippen molar-refractivity contribution in [3.63, 3.8) is 0 Å². The molecule has 6 heteroatoms. The zero-order chi connectivity index (χ0) is 12.4. The molecular formula is C11H11N3O2S. The summed E-state index contributed by atoms with van der Waals surface area (Å²) in [6.07, 6.45) is 0. The van der Waals surface area contributed by atoms with Crippen molar-refractivity contribution >= 4 is 23.1 Å². The van der Waals surface area contributed by atoms with Gasteiger partial charge in [-0.3, -0.25) is 4.79 Å².